The molecule has 2 fully saturated rings. The van der Waals surface area contributed by atoms with Gasteiger partial charge in [-0.15, -0.1) is 0 Å². The summed E-state index contributed by atoms with van der Waals surface area (Å²) < 4.78 is 5.25. The van der Waals surface area contributed by atoms with Crippen molar-refractivity contribution in [1.29, 1.82) is 0 Å². The van der Waals surface area contributed by atoms with Gasteiger partial charge >= 0.3 is 6.09 Å². The van der Waals surface area contributed by atoms with Gasteiger partial charge in [-0.05, 0) is 45.4 Å². The van der Waals surface area contributed by atoms with E-state index in [1.54, 1.807) is 0 Å². The van der Waals surface area contributed by atoms with Gasteiger partial charge in [0.15, 0.2) is 0 Å². The van der Waals surface area contributed by atoms with Gasteiger partial charge in [0.2, 0.25) is 0 Å². The first kappa shape index (κ1) is 11.7. The molecule has 2 aliphatic rings. The maximum atomic E-state index is 11.6. The molecule has 4 heteroatoms. The van der Waals surface area contributed by atoms with Crippen molar-refractivity contribution in [2.75, 3.05) is 13.1 Å². The summed E-state index contributed by atoms with van der Waals surface area (Å²) in [6.45, 7) is 7.62. The molecule has 1 amide bonds. The van der Waals surface area contributed by atoms with Crippen molar-refractivity contribution in [1.82, 2.24) is 10.6 Å². The minimum Gasteiger partial charge on any atom is -0.444 e. The molecule has 0 aromatic heterocycles. The van der Waals surface area contributed by atoms with Crippen LogP contribution in [0.25, 0.3) is 0 Å². The van der Waals surface area contributed by atoms with Gasteiger partial charge in [-0.2, -0.15) is 0 Å². The number of nitrogens with one attached hydrogen (secondary N) is 2. The van der Waals surface area contributed by atoms with E-state index in [9.17, 15) is 4.79 Å². The van der Waals surface area contributed by atoms with Gasteiger partial charge in [0.25, 0.3) is 0 Å². The smallest absolute Gasteiger partial charge is 0.407 e. The zero-order chi connectivity index (χ0) is 11.8. The average molecular weight is 226 g/mol. The predicted octanol–water partition coefficient (Wildman–Crippen LogP) is 1.65. The largest absolute Gasteiger partial charge is 0.444 e. The lowest BCUT2D eigenvalue weighted by atomic mass is 9.93. The van der Waals surface area contributed by atoms with Gasteiger partial charge in [-0.3, -0.25) is 0 Å². The number of ether oxygens (including phenoxy) is 1. The van der Waals surface area contributed by atoms with Crippen molar-refractivity contribution >= 4 is 6.09 Å². The van der Waals surface area contributed by atoms with Crippen LogP contribution in [0.1, 0.15) is 40.0 Å². The molecule has 2 N–H and O–H groups in total. The first-order valence-corrected chi connectivity index (χ1v) is 6.09. The molecular formula is C12H22N2O2. The van der Waals surface area contributed by atoms with Gasteiger partial charge in [-0.25, -0.2) is 4.79 Å². The maximum absolute atomic E-state index is 11.6. The first-order chi connectivity index (χ1) is 7.39. The van der Waals surface area contributed by atoms with Gasteiger partial charge in [0, 0.05) is 19.1 Å². The van der Waals surface area contributed by atoms with E-state index in [-0.39, 0.29) is 12.1 Å². The van der Waals surface area contributed by atoms with E-state index in [2.05, 4.69) is 10.6 Å². The summed E-state index contributed by atoms with van der Waals surface area (Å²) in [5.74, 6) is 0. The van der Waals surface area contributed by atoms with Gasteiger partial charge < -0.3 is 15.4 Å². The molecule has 1 saturated carbocycles. The Balaban J connectivity index is 1.78. The van der Waals surface area contributed by atoms with Crippen LogP contribution in [0.4, 0.5) is 4.79 Å². The molecule has 0 aromatic carbocycles. The fourth-order valence-corrected chi connectivity index (χ4v) is 2.31. The van der Waals surface area contributed by atoms with E-state index < -0.39 is 5.60 Å². The van der Waals surface area contributed by atoms with Crippen LogP contribution < -0.4 is 10.6 Å². The standard InChI is InChI=1S/C12H22N2O2/c1-11(2,3)16-10(15)14-9-6-12(4-5-12)8-13-7-9/h9,13H,4-8H2,1-3H3,(H,14,15). The summed E-state index contributed by atoms with van der Waals surface area (Å²) in [6, 6.07) is 0.228. The Hall–Kier alpha value is -0.770. The molecule has 1 unspecified atom stereocenters. The molecule has 0 radical (unpaired) electrons. The monoisotopic (exact) mass is 226 g/mol. The molecule has 92 valence electrons. The van der Waals surface area contributed by atoms with Crippen LogP contribution >= 0.6 is 0 Å². The Bertz CT molecular complexity index is 279. The van der Waals surface area contributed by atoms with Crippen LogP contribution in [0.5, 0.6) is 0 Å². The van der Waals surface area contributed by atoms with Gasteiger partial charge in [-0.1, -0.05) is 0 Å². The lowest BCUT2D eigenvalue weighted by Crippen LogP contribution is -2.50. The van der Waals surface area contributed by atoms with Crippen molar-refractivity contribution in [3.8, 4) is 0 Å². The van der Waals surface area contributed by atoms with E-state index in [0.717, 1.165) is 19.5 Å². The highest BCUT2D eigenvalue weighted by molar-refractivity contribution is 5.68. The molecule has 1 aliphatic carbocycles. The molecule has 1 aliphatic heterocycles. The van der Waals surface area contributed by atoms with E-state index in [4.69, 9.17) is 4.74 Å². The summed E-state index contributed by atoms with van der Waals surface area (Å²) in [7, 11) is 0. The molecule has 1 heterocycles. The molecule has 2 rings (SSSR count). The highest BCUT2D eigenvalue weighted by Crippen LogP contribution is 2.50. The molecule has 0 bridgehead atoms. The Kier molecular flexibility index (Phi) is 2.86. The van der Waals surface area contributed by atoms with Gasteiger partial charge in [0.05, 0.1) is 0 Å². The molecule has 16 heavy (non-hydrogen) atoms. The van der Waals surface area contributed by atoms with E-state index in [0.29, 0.717) is 5.41 Å². The Morgan fingerprint density at radius 2 is 2.12 bits per heavy atom. The zero-order valence-electron chi connectivity index (χ0n) is 10.4. The number of hydrogen-bond acceptors (Lipinski definition) is 3. The fraction of sp³-hybridized carbons (Fsp3) is 0.917. The number of piperidine rings is 1. The predicted molar refractivity (Wildman–Crippen MR) is 62.3 cm³/mol. The van der Waals surface area contributed by atoms with E-state index in [1.807, 2.05) is 20.8 Å². The van der Waals surface area contributed by atoms with Crippen molar-refractivity contribution in [2.45, 2.75) is 51.7 Å². The fourth-order valence-electron chi connectivity index (χ4n) is 2.31. The quantitative estimate of drug-likeness (QED) is 0.715. The van der Waals surface area contributed by atoms with E-state index >= 15 is 0 Å². The average Bonchev–Trinajstić information content (AvgIpc) is 2.81. The minimum atomic E-state index is -0.413. The molecule has 4 nitrogen and oxygen atoms in total. The van der Waals surface area contributed by atoms with Crippen molar-refractivity contribution in [3.05, 3.63) is 0 Å². The Morgan fingerprint density at radius 1 is 1.44 bits per heavy atom. The summed E-state index contributed by atoms with van der Waals surface area (Å²) in [5.41, 5.74) is 0.0708. The third kappa shape index (κ3) is 3.11. The van der Waals surface area contributed by atoms with Crippen LogP contribution in [0, 0.1) is 5.41 Å². The third-order valence-corrected chi connectivity index (χ3v) is 3.25. The number of alkyl carbamates (subject to hydrolysis) is 1. The number of amides is 1. The van der Waals surface area contributed by atoms with Crippen LogP contribution in [0.2, 0.25) is 0 Å². The number of carbonyl (C=O) groups excluding carboxylic acids is 1. The number of carbonyl (C=O) groups is 1. The second-order valence-electron chi connectivity index (χ2n) is 6.18. The third-order valence-electron chi connectivity index (χ3n) is 3.25. The van der Waals surface area contributed by atoms with Crippen molar-refractivity contribution in [2.24, 2.45) is 5.41 Å². The van der Waals surface area contributed by atoms with Crippen LogP contribution in [-0.2, 0) is 4.74 Å². The first-order valence-electron chi connectivity index (χ1n) is 6.09. The summed E-state index contributed by atoms with van der Waals surface area (Å²) >= 11 is 0. The second kappa shape index (κ2) is 3.91. The molecule has 1 saturated heterocycles. The highest BCUT2D eigenvalue weighted by Gasteiger charge is 2.46. The minimum absolute atomic E-state index is 0.228. The lowest BCUT2D eigenvalue weighted by molar-refractivity contribution is 0.0487. The summed E-state index contributed by atoms with van der Waals surface area (Å²) in [6.07, 6.45) is 3.40. The van der Waals surface area contributed by atoms with Crippen LogP contribution in [0.15, 0.2) is 0 Å². The summed E-state index contributed by atoms with van der Waals surface area (Å²) in [5, 5.41) is 6.33. The SMILES string of the molecule is CC(C)(C)OC(=O)NC1CNCC2(CC2)C1. The topological polar surface area (TPSA) is 50.4 Å². The lowest BCUT2D eigenvalue weighted by Gasteiger charge is -2.31. The normalized spacial score (nSPS) is 27.6. The van der Waals surface area contributed by atoms with Crippen LogP contribution in [0.3, 0.4) is 0 Å². The van der Waals surface area contributed by atoms with Crippen LogP contribution in [-0.4, -0.2) is 30.8 Å². The van der Waals surface area contributed by atoms with Crippen molar-refractivity contribution < 1.29 is 9.53 Å². The maximum Gasteiger partial charge on any atom is 0.407 e. The number of hydrogen-bond donors (Lipinski definition) is 2. The Morgan fingerprint density at radius 3 is 2.69 bits per heavy atom. The molecular weight excluding hydrogens is 204 g/mol. The van der Waals surface area contributed by atoms with Crippen molar-refractivity contribution in [3.63, 3.8) is 0 Å². The second-order valence-corrected chi connectivity index (χ2v) is 6.18. The molecule has 1 spiro atoms. The zero-order valence-corrected chi connectivity index (χ0v) is 10.4. The highest BCUT2D eigenvalue weighted by atomic mass is 16.6. The molecule has 1 atom stereocenters. The number of rotatable bonds is 1. The van der Waals surface area contributed by atoms with Gasteiger partial charge in [0.1, 0.15) is 5.60 Å². The Labute approximate surface area is 97.1 Å². The molecule has 0 aromatic rings. The van der Waals surface area contributed by atoms with E-state index in [1.165, 1.54) is 12.8 Å². The summed E-state index contributed by atoms with van der Waals surface area (Å²) in [4.78, 5) is 11.6.